The van der Waals surface area contributed by atoms with E-state index in [2.05, 4.69) is 5.32 Å². The van der Waals surface area contributed by atoms with E-state index in [0.717, 1.165) is 24.8 Å². The highest BCUT2D eigenvalue weighted by Gasteiger charge is 2.24. The first kappa shape index (κ1) is 19.2. The fourth-order valence-corrected chi connectivity index (χ4v) is 4.15. The lowest BCUT2D eigenvalue weighted by Gasteiger charge is -2.29. The van der Waals surface area contributed by atoms with Crippen molar-refractivity contribution in [1.82, 2.24) is 0 Å². The zero-order valence-corrected chi connectivity index (χ0v) is 16.4. The molecule has 0 unspecified atom stereocenters. The number of aryl methyl sites for hydroxylation is 1. The first-order valence-electron chi connectivity index (χ1n) is 9.04. The summed E-state index contributed by atoms with van der Waals surface area (Å²) >= 11 is 0. The van der Waals surface area contributed by atoms with Gasteiger partial charge < -0.3 is 10.1 Å². The summed E-state index contributed by atoms with van der Waals surface area (Å²) < 4.78 is 31.0. The van der Waals surface area contributed by atoms with Crippen LogP contribution in [0.5, 0.6) is 5.75 Å². The van der Waals surface area contributed by atoms with Gasteiger partial charge in [0.1, 0.15) is 5.75 Å². The quantitative estimate of drug-likeness (QED) is 0.822. The highest BCUT2D eigenvalue weighted by atomic mass is 32.2. The second-order valence-electron chi connectivity index (χ2n) is 6.58. The molecule has 144 valence electrons. The van der Waals surface area contributed by atoms with Crippen LogP contribution in [0.3, 0.4) is 0 Å². The van der Waals surface area contributed by atoms with Crippen molar-refractivity contribution in [3.8, 4) is 5.75 Å². The second kappa shape index (κ2) is 8.00. The van der Waals surface area contributed by atoms with Gasteiger partial charge in [-0.3, -0.25) is 9.10 Å². The summed E-state index contributed by atoms with van der Waals surface area (Å²) in [6, 6.07) is 12.5. The molecule has 0 saturated heterocycles. The third-order valence-corrected chi connectivity index (χ3v) is 5.59. The van der Waals surface area contributed by atoms with E-state index in [-0.39, 0.29) is 5.91 Å². The van der Waals surface area contributed by atoms with Gasteiger partial charge in [0.2, 0.25) is 10.0 Å². The molecule has 0 aromatic heterocycles. The summed E-state index contributed by atoms with van der Waals surface area (Å²) in [5, 5.41) is 2.89. The first-order valence-corrected chi connectivity index (χ1v) is 10.9. The Morgan fingerprint density at radius 2 is 2.00 bits per heavy atom. The zero-order valence-electron chi connectivity index (χ0n) is 15.6. The van der Waals surface area contributed by atoms with Gasteiger partial charge in [0.05, 0.1) is 24.2 Å². The van der Waals surface area contributed by atoms with Gasteiger partial charge in [0, 0.05) is 12.1 Å². The number of nitrogens with zero attached hydrogens (tertiary/aromatic N) is 1. The molecule has 1 amide bonds. The van der Waals surface area contributed by atoms with Crippen LogP contribution < -0.4 is 14.4 Å². The van der Waals surface area contributed by atoms with Crippen molar-refractivity contribution in [1.29, 1.82) is 0 Å². The number of rotatable bonds is 6. The second-order valence-corrected chi connectivity index (χ2v) is 8.49. The van der Waals surface area contributed by atoms with Crippen molar-refractivity contribution in [2.45, 2.75) is 26.2 Å². The molecule has 0 fully saturated rings. The Labute approximate surface area is 160 Å². The Morgan fingerprint density at radius 3 is 2.74 bits per heavy atom. The van der Waals surface area contributed by atoms with Crippen molar-refractivity contribution in [2.24, 2.45) is 0 Å². The van der Waals surface area contributed by atoms with E-state index in [0.29, 0.717) is 35.8 Å². The fourth-order valence-electron chi connectivity index (χ4n) is 3.15. The Hall–Kier alpha value is -2.54. The van der Waals surface area contributed by atoms with Crippen LogP contribution in [0, 0.1) is 0 Å². The van der Waals surface area contributed by atoms with Gasteiger partial charge in [-0.2, -0.15) is 0 Å². The monoisotopic (exact) mass is 388 g/mol. The highest BCUT2D eigenvalue weighted by molar-refractivity contribution is 7.92. The lowest BCUT2D eigenvalue weighted by Crippen LogP contribution is -2.34. The summed E-state index contributed by atoms with van der Waals surface area (Å²) in [6.45, 7) is 3.07. The van der Waals surface area contributed by atoms with E-state index < -0.39 is 10.0 Å². The van der Waals surface area contributed by atoms with Gasteiger partial charge in [0.25, 0.3) is 5.91 Å². The molecule has 0 bridgehead atoms. The van der Waals surface area contributed by atoms with Crippen molar-refractivity contribution < 1.29 is 17.9 Å². The smallest absolute Gasteiger partial charge is 0.255 e. The number of carbonyl (C=O) groups is 1. The van der Waals surface area contributed by atoms with E-state index in [1.165, 1.54) is 10.6 Å². The number of benzene rings is 2. The number of para-hydroxylation sites is 2. The van der Waals surface area contributed by atoms with Crippen LogP contribution in [0.15, 0.2) is 42.5 Å². The average molecular weight is 388 g/mol. The molecule has 27 heavy (non-hydrogen) atoms. The topological polar surface area (TPSA) is 75.7 Å². The lowest BCUT2D eigenvalue weighted by atomic mass is 10.0. The van der Waals surface area contributed by atoms with Crippen molar-refractivity contribution in [3.63, 3.8) is 0 Å². The van der Waals surface area contributed by atoms with E-state index in [1.807, 2.05) is 25.1 Å². The van der Waals surface area contributed by atoms with Gasteiger partial charge in [-0.25, -0.2) is 8.42 Å². The van der Waals surface area contributed by atoms with Gasteiger partial charge in [-0.05, 0) is 55.2 Å². The van der Waals surface area contributed by atoms with E-state index >= 15 is 0 Å². The molecular formula is C20H24N2O4S. The number of carbonyl (C=O) groups excluding carboxylic acids is 1. The third kappa shape index (κ3) is 4.42. The molecule has 1 N–H and O–H groups in total. The number of hydrogen-bond acceptors (Lipinski definition) is 4. The molecule has 7 heteroatoms. The maximum Gasteiger partial charge on any atom is 0.255 e. The van der Waals surface area contributed by atoms with Crippen LogP contribution in [0.2, 0.25) is 0 Å². The number of anilines is 2. The van der Waals surface area contributed by atoms with Crippen molar-refractivity contribution >= 4 is 27.3 Å². The Morgan fingerprint density at radius 1 is 1.22 bits per heavy atom. The molecule has 0 atom stereocenters. The highest BCUT2D eigenvalue weighted by Crippen LogP contribution is 2.30. The Balaban J connectivity index is 1.83. The van der Waals surface area contributed by atoms with E-state index in [1.54, 1.807) is 24.3 Å². The normalized spacial score (nSPS) is 13.8. The summed E-state index contributed by atoms with van der Waals surface area (Å²) in [4.78, 5) is 12.7. The Kier molecular flexibility index (Phi) is 5.70. The third-order valence-electron chi connectivity index (χ3n) is 4.41. The van der Waals surface area contributed by atoms with Crippen LogP contribution in [-0.4, -0.2) is 33.7 Å². The first-order chi connectivity index (χ1) is 12.9. The minimum atomic E-state index is -3.32. The van der Waals surface area contributed by atoms with Crippen LogP contribution >= 0.6 is 0 Å². The zero-order chi connectivity index (χ0) is 19.4. The number of ether oxygens (including phenoxy) is 1. The summed E-state index contributed by atoms with van der Waals surface area (Å²) in [5.74, 6) is 0.385. The van der Waals surface area contributed by atoms with Gasteiger partial charge >= 0.3 is 0 Å². The molecule has 0 spiro atoms. The molecule has 6 nitrogen and oxygen atoms in total. The van der Waals surface area contributed by atoms with Gasteiger partial charge in [-0.15, -0.1) is 0 Å². The molecule has 3 rings (SSSR count). The predicted octanol–water partition coefficient (Wildman–Crippen LogP) is 3.44. The van der Waals surface area contributed by atoms with Crippen LogP contribution in [0.1, 0.15) is 35.7 Å². The molecule has 0 aliphatic carbocycles. The lowest BCUT2D eigenvalue weighted by molar-refractivity contribution is 0.102. The number of fused-ring (bicyclic) bond motifs is 1. The molecule has 2 aromatic rings. The Bertz CT molecular complexity index is 941. The maximum absolute atomic E-state index is 12.7. The fraction of sp³-hybridized carbons (Fsp3) is 0.350. The van der Waals surface area contributed by atoms with Crippen molar-refractivity contribution in [2.75, 3.05) is 29.0 Å². The maximum atomic E-state index is 12.7. The van der Waals surface area contributed by atoms with Crippen LogP contribution in [0.4, 0.5) is 11.4 Å². The number of hydrogen-bond donors (Lipinski definition) is 1. The van der Waals surface area contributed by atoms with Crippen molar-refractivity contribution in [3.05, 3.63) is 53.6 Å². The number of sulfonamides is 1. The molecule has 0 saturated carbocycles. The molecule has 1 aliphatic heterocycles. The van der Waals surface area contributed by atoms with Gasteiger partial charge in [-0.1, -0.05) is 19.1 Å². The average Bonchev–Trinajstić information content (AvgIpc) is 2.65. The molecular weight excluding hydrogens is 364 g/mol. The minimum Gasteiger partial charge on any atom is -0.491 e. The summed E-state index contributed by atoms with van der Waals surface area (Å²) in [7, 11) is -3.32. The standard InChI is InChI=1S/C20H24N2O4S/c1-3-13-26-19-9-5-4-8-17(19)21-20(23)16-10-11-18-15(14-16)7-6-12-22(18)27(2,24)25/h4-5,8-11,14H,3,6-7,12-13H2,1-2H3,(H,21,23). The predicted molar refractivity (Wildman–Crippen MR) is 107 cm³/mol. The summed E-state index contributed by atoms with van der Waals surface area (Å²) in [5.41, 5.74) is 2.64. The van der Waals surface area contributed by atoms with Crippen LogP contribution in [0.25, 0.3) is 0 Å². The molecule has 2 aromatic carbocycles. The largest absolute Gasteiger partial charge is 0.491 e. The van der Waals surface area contributed by atoms with Gasteiger partial charge in [0.15, 0.2) is 0 Å². The number of nitrogens with one attached hydrogen (secondary N) is 1. The molecule has 1 heterocycles. The number of amides is 1. The molecule has 0 radical (unpaired) electrons. The molecule has 1 aliphatic rings. The minimum absolute atomic E-state index is 0.248. The van der Waals surface area contributed by atoms with Crippen LogP contribution in [-0.2, 0) is 16.4 Å². The van der Waals surface area contributed by atoms with E-state index in [9.17, 15) is 13.2 Å². The summed E-state index contributed by atoms with van der Waals surface area (Å²) in [6.07, 6.45) is 3.57. The van der Waals surface area contributed by atoms with E-state index in [4.69, 9.17) is 4.74 Å². The SMILES string of the molecule is CCCOc1ccccc1NC(=O)c1ccc2c(c1)CCCN2S(C)(=O)=O.